The molecule has 1 heterocycles. The fraction of sp³-hybridized carbons (Fsp3) is 0.154. The van der Waals surface area contributed by atoms with Gasteiger partial charge in [0.2, 0.25) is 0 Å². The lowest BCUT2D eigenvalue weighted by atomic mass is 10.3. The van der Waals surface area contributed by atoms with Crippen LogP contribution in [0, 0.1) is 11.3 Å². The van der Waals surface area contributed by atoms with Gasteiger partial charge in [-0.25, -0.2) is 9.48 Å². The molecular weight excluding hydrogens is 230 g/mol. The lowest BCUT2D eigenvalue weighted by molar-refractivity contribution is 0.0519. The average molecular weight is 241 g/mol. The standard InChI is InChI=1S/C13H11N3O2/c1-2-18-13(17)12-8-11(9-14)16(15-12)10-6-4-3-5-7-10/h3-8H,2H2,1H3. The van der Waals surface area contributed by atoms with Gasteiger partial charge in [-0.05, 0) is 19.1 Å². The van der Waals surface area contributed by atoms with Gasteiger partial charge in [-0.15, -0.1) is 0 Å². The number of ether oxygens (including phenoxy) is 1. The van der Waals surface area contributed by atoms with Crippen LogP contribution < -0.4 is 0 Å². The van der Waals surface area contributed by atoms with E-state index >= 15 is 0 Å². The largest absolute Gasteiger partial charge is 0.461 e. The Hall–Kier alpha value is -2.61. The van der Waals surface area contributed by atoms with Crippen molar-refractivity contribution < 1.29 is 9.53 Å². The zero-order valence-electron chi connectivity index (χ0n) is 9.83. The molecule has 5 nitrogen and oxygen atoms in total. The summed E-state index contributed by atoms with van der Waals surface area (Å²) in [5, 5.41) is 13.1. The lowest BCUT2D eigenvalue weighted by Crippen LogP contribution is -2.06. The summed E-state index contributed by atoms with van der Waals surface area (Å²) < 4.78 is 6.28. The number of carbonyl (C=O) groups is 1. The van der Waals surface area contributed by atoms with Crippen molar-refractivity contribution in [1.82, 2.24) is 9.78 Å². The summed E-state index contributed by atoms with van der Waals surface area (Å²) in [7, 11) is 0. The second-order valence-electron chi connectivity index (χ2n) is 3.49. The molecule has 0 radical (unpaired) electrons. The Morgan fingerprint density at radius 2 is 2.17 bits per heavy atom. The van der Waals surface area contributed by atoms with Crippen LogP contribution in [0.5, 0.6) is 0 Å². The predicted molar refractivity (Wildman–Crippen MR) is 64.2 cm³/mol. The normalized spacial score (nSPS) is 9.78. The molecule has 0 N–H and O–H groups in total. The molecule has 1 aromatic heterocycles. The second kappa shape index (κ2) is 5.15. The van der Waals surface area contributed by atoms with Gasteiger partial charge in [-0.3, -0.25) is 0 Å². The maximum Gasteiger partial charge on any atom is 0.358 e. The van der Waals surface area contributed by atoms with Crippen molar-refractivity contribution in [3.8, 4) is 11.8 Å². The van der Waals surface area contributed by atoms with E-state index < -0.39 is 5.97 Å². The van der Waals surface area contributed by atoms with E-state index in [-0.39, 0.29) is 12.3 Å². The Bertz CT molecular complexity index is 596. The molecule has 0 amide bonds. The van der Waals surface area contributed by atoms with Crippen LogP contribution in [0.4, 0.5) is 0 Å². The average Bonchev–Trinajstić information content (AvgIpc) is 2.84. The van der Waals surface area contributed by atoms with Gasteiger partial charge in [0.1, 0.15) is 11.8 Å². The van der Waals surface area contributed by atoms with E-state index in [0.717, 1.165) is 5.69 Å². The van der Waals surface area contributed by atoms with E-state index in [4.69, 9.17) is 10.00 Å². The smallest absolute Gasteiger partial charge is 0.358 e. The van der Waals surface area contributed by atoms with E-state index in [0.29, 0.717) is 5.69 Å². The second-order valence-corrected chi connectivity index (χ2v) is 3.49. The first-order valence-electron chi connectivity index (χ1n) is 5.49. The Balaban J connectivity index is 2.43. The van der Waals surface area contributed by atoms with E-state index in [2.05, 4.69) is 5.10 Å². The topological polar surface area (TPSA) is 67.9 Å². The van der Waals surface area contributed by atoms with E-state index in [1.165, 1.54) is 10.7 Å². The summed E-state index contributed by atoms with van der Waals surface area (Å²) in [6.07, 6.45) is 0. The molecule has 0 aliphatic heterocycles. The maximum absolute atomic E-state index is 11.6. The van der Waals surface area contributed by atoms with Gasteiger partial charge in [-0.1, -0.05) is 18.2 Å². The molecule has 18 heavy (non-hydrogen) atoms. The molecule has 0 unspecified atom stereocenters. The minimum absolute atomic E-state index is 0.136. The van der Waals surface area contributed by atoms with Crippen molar-refractivity contribution in [1.29, 1.82) is 5.26 Å². The zero-order valence-corrected chi connectivity index (χ0v) is 9.83. The third kappa shape index (κ3) is 2.23. The van der Waals surface area contributed by atoms with Gasteiger partial charge in [0.25, 0.3) is 0 Å². The highest BCUT2D eigenvalue weighted by molar-refractivity contribution is 5.87. The minimum Gasteiger partial charge on any atom is -0.461 e. The summed E-state index contributed by atoms with van der Waals surface area (Å²) in [6.45, 7) is 2.00. The monoisotopic (exact) mass is 241 g/mol. The van der Waals surface area contributed by atoms with Crippen LogP contribution in [-0.2, 0) is 4.74 Å². The molecule has 0 saturated carbocycles. The number of nitrogens with zero attached hydrogens (tertiary/aromatic N) is 3. The fourth-order valence-corrected chi connectivity index (χ4v) is 1.53. The summed E-state index contributed by atoms with van der Waals surface area (Å²) in [5.41, 5.74) is 1.16. The van der Waals surface area contributed by atoms with Crippen molar-refractivity contribution >= 4 is 5.97 Å². The number of rotatable bonds is 3. The quantitative estimate of drug-likeness (QED) is 0.770. The van der Waals surface area contributed by atoms with Crippen LogP contribution in [0.15, 0.2) is 36.4 Å². The molecule has 0 bridgehead atoms. The molecule has 5 heteroatoms. The molecule has 0 fully saturated rings. The number of para-hydroxylation sites is 1. The van der Waals surface area contributed by atoms with Crippen molar-refractivity contribution in [2.45, 2.75) is 6.92 Å². The van der Waals surface area contributed by atoms with E-state index in [1.54, 1.807) is 6.92 Å². The number of esters is 1. The van der Waals surface area contributed by atoms with Crippen LogP contribution in [0.25, 0.3) is 5.69 Å². The number of hydrogen-bond acceptors (Lipinski definition) is 4. The number of hydrogen-bond donors (Lipinski definition) is 0. The van der Waals surface area contributed by atoms with Crippen LogP contribution in [0.2, 0.25) is 0 Å². The lowest BCUT2D eigenvalue weighted by Gasteiger charge is -2.01. The van der Waals surface area contributed by atoms with Crippen molar-refractivity contribution in [2.75, 3.05) is 6.61 Å². The van der Waals surface area contributed by atoms with E-state index in [1.807, 2.05) is 36.4 Å². The zero-order chi connectivity index (χ0) is 13.0. The molecule has 0 spiro atoms. The van der Waals surface area contributed by atoms with Crippen molar-refractivity contribution in [2.24, 2.45) is 0 Å². The predicted octanol–water partition coefficient (Wildman–Crippen LogP) is 1.92. The Kier molecular flexibility index (Phi) is 3.39. The highest BCUT2D eigenvalue weighted by atomic mass is 16.5. The fourth-order valence-electron chi connectivity index (χ4n) is 1.53. The molecule has 90 valence electrons. The Morgan fingerprint density at radius 1 is 1.44 bits per heavy atom. The summed E-state index contributed by atoms with van der Waals surface area (Å²) in [5.74, 6) is -0.524. The summed E-state index contributed by atoms with van der Waals surface area (Å²) >= 11 is 0. The first kappa shape index (κ1) is 11.9. The third-order valence-corrected chi connectivity index (χ3v) is 2.31. The molecule has 1 aromatic carbocycles. The first-order valence-corrected chi connectivity index (χ1v) is 5.49. The molecular formula is C13H11N3O2. The first-order chi connectivity index (χ1) is 8.76. The van der Waals surface area contributed by atoms with Crippen molar-refractivity contribution in [3.63, 3.8) is 0 Å². The molecule has 0 aliphatic rings. The van der Waals surface area contributed by atoms with E-state index in [9.17, 15) is 4.79 Å². The molecule has 2 aromatic rings. The van der Waals surface area contributed by atoms with Gasteiger partial charge < -0.3 is 4.74 Å². The Labute approximate surface area is 104 Å². The van der Waals surface area contributed by atoms with Crippen LogP contribution in [0.3, 0.4) is 0 Å². The summed E-state index contributed by atoms with van der Waals surface area (Å²) in [4.78, 5) is 11.6. The number of carbonyl (C=O) groups excluding carboxylic acids is 1. The molecule has 0 atom stereocenters. The maximum atomic E-state index is 11.6. The highest BCUT2D eigenvalue weighted by Gasteiger charge is 2.15. The van der Waals surface area contributed by atoms with Crippen LogP contribution >= 0.6 is 0 Å². The van der Waals surface area contributed by atoms with Gasteiger partial charge in [0.05, 0.1) is 12.3 Å². The molecule has 0 saturated heterocycles. The molecule has 2 rings (SSSR count). The number of nitriles is 1. The Morgan fingerprint density at radius 3 is 2.78 bits per heavy atom. The SMILES string of the molecule is CCOC(=O)c1cc(C#N)n(-c2ccccc2)n1. The van der Waals surface area contributed by atoms with Gasteiger partial charge in [-0.2, -0.15) is 10.4 Å². The van der Waals surface area contributed by atoms with Gasteiger partial charge in [0, 0.05) is 6.07 Å². The third-order valence-electron chi connectivity index (χ3n) is 2.31. The van der Waals surface area contributed by atoms with Crippen LogP contribution in [0.1, 0.15) is 23.1 Å². The minimum atomic E-state index is -0.524. The number of benzene rings is 1. The summed E-state index contributed by atoms with van der Waals surface area (Å²) in [6, 6.07) is 12.6. The van der Waals surface area contributed by atoms with Crippen molar-refractivity contribution in [3.05, 3.63) is 47.8 Å². The van der Waals surface area contributed by atoms with Crippen LogP contribution in [-0.4, -0.2) is 22.4 Å². The van der Waals surface area contributed by atoms with Gasteiger partial charge in [0.15, 0.2) is 5.69 Å². The number of aromatic nitrogens is 2. The van der Waals surface area contributed by atoms with Gasteiger partial charge >= 0.3 is 5.97 Å². The molecule has 0 aliphatic carbocycles. The highest BCUT2D eigenvalue weighted by Crippen LogP contribution is 2.12.